The molecule has 1 aromatic heterocycles. The monoisotopic (exact) mass is 408 g/mol. The van der Waals surface area contributed by atoms with E-state index in [4.69, 9.17) is 4.42 Å². The third kappa shape index (κ3) is 3.86. The van der Waals surface area contributed by atoms with E-state index in [1.165, 1.54) is 6.07 Å². The van der Waals surface area contributed by atoms with Crippen LogP contribution < -0.4 is 5.63 Å². The van der Waals surface area contributed by atoms with Crippen molar-refractivity contribution in [1.29, 1.82) is 0 Å². The van der Waals surface area contributed by atoms with Crippen LogP contribution in [0.25, 0.3) is 22.1 Å². The molecule has 0 aliphatic carbocycles. The minimum atomic E-state index is -1.04. The molecule has 0 bridgehead atoms. The van der Waals surface area contributed by atoms with E-state index in [1.807, 2.05) is 13.0 Å². The number of fused-ring (bicyclic) bond motifs is 1. The zero-order valence-corrected chi connectivity index (χ0v) is 16.9. The number of carbonyl (C=O) groups excluding carboxylic acids is 1. The van der Waals surface area contributed by atoms with Crippen molar-refractivity contribution in [3.63, 3.8) is 0 Å². The van der Waals surface area contributed by atoms with Crippen LogP contribution in [0.2, 0.25) is 0 Å². The van der Waals surface area contributed by atoms with E-state index in [1.54, 1.807) is 31.2 Å². The first-order chi connectivity index (χ1) is 14.3. The number of ketones is 1. The van der Waals surface area contributed by atoms with Gasteiger partial charge in [-0.05, 0) is 18.9 Å². The van der Waals surface area contributed by atoms with Crippen LogP contribution in [0, 0.1) is 0 Å². The molecule has 0 aliphatic heterocycles. The largest absolute Gasteiger partial charge is 0.507 e. The summed E-state index contributed by atoms with van der Waals surface area (Å²) < 4.78 is 5.36. The molecule has 3 N–H and O–H groups in total. The third-order valence-electron chi connectivity index (χ3n) is 5.04. The lowest BCUT2D eigenvalue weighted by atomic mass is 9.91. The Kier molecular flexibility index (Phi) is 6.08. The van der Waals surface area contributed by atoms with E-state index in [0.29, 0.717) is 23.1 Å². The van der Waals surface area contributed by atoms with Crippen LogP contribution in [-0.4, -0.2) is 27.2 Å². The van der Waals surface area contributed by atoms with Gasteiger partial charge in [-0.15, -0.1) is 0 Å². The van der Waals surface area contributed by atoms with Gasteiger partial charge >= 0.3 is 5.63 Å². The van der Waals surface area contributed by atoms with Gasteiger partial charge in [0, 0.05) is 30.0 Å². The van der Waals surface area contributed by atoms with Crippen molar-refractivity contribution in [2.75, 3.05) is 0 Å². The fraction of sp³-hybridized carbons (Fsp3) is 0.250. The molecule has 1 atom stereocenters. The molecule has 1 heterocycles. The number of aliphatic hydroxyl groups excluding tert-OH is 1. The van der Waals surface area contributed by atoms with Crippen LogP contribution >= 0.6 is 0 Å². The van der Waals surface area contributed by atoms with Crippen molar-refractivity contribution in [3.05, 3.63) is 70.1 Å². The summed E-state index contributed by atoms with van der Waals surface area (Å²) in [6, 6.07) is 10.1. The van der Waals surface area contributed by atoms with E-state index < -0.39 is 29.0 Å². The normalized spacial score (nSPS) is 12.1. The zero-order chi connectivity index (χ0) is 22.0. The standard InChI is InChI=1S/C24H24O6/c1-4-8-17(25)21-22(28)16(11-18(26)13(2)3)24-20(23(21)29)15(12-19(27)30-24)14-9-6-5-7-10-14/h5-7,9-10,12,18,26,28-29H,2,4,8,11H2,1,3H3/t18-/m1/s1. The molecule has 6 nitrogen and oxygen atoms in total. The van der Waals surface area contributed by atoms with Gasteiger partial charge in [-0.1, -0.05) is 49.4 Å². The van der Waals surface area contributed by atoms with E-state index in [2.05, 4.69) is 6.58 Å². The van der Waals surface area contributed by atoms with Crippen LogP contribution in [0.3, 0.4) is 0 Å². The number of hydrogen-bond acceptors (Lipinski definition) is 6. The first kappa shape index (κ1) is 21.3. The smallest absolute Gasteiger partial charge is 0.336 e. The van der Waals surface area contributed by atoms with E-state index in [9.17, 15) is 24.9 Å². The summed E-state index contributed by atoms with van der Waals surface area (Å²) in [5, 5.41) is 32.4. The second-order valence-electron chi connectivity index (χ2n) is 7.34. The Morgan fingerprint density at radius 3 is 2.43 bits per heavy atom. The van der Waals surface area contributed by atoms with Crippen molar-refractivity contribution in [1.82, 2.24) is 0 Å². The topological polar surface area (TPSA) is 108 Å². The van der Waals surface area contributed by atoms with Crippen LogP contribution in [-0.2, 0) is 6.42 Å². The molecular weight excluding hydrogens is 384 g/mol. The molecule has 0 saturated heterocycles. The molecule has 3 aromatic rings. The van der Waals surface area contributed by atoms with Crippen LogP contribution in [0.5, 0.6) is 11.5 Å². The van der Waals surface area contributed by atoms with Crippen LogP contribution in [0.15, 0.2) is 57.8 Å². The molecule has 0 radical (unpaired) electrons. The lowest BCUT2D eigenvalue weighted by Gasteiger charge is -2.18. The number of hydrogen-bond donors (Lipinski definition) is 3. The molecule has 0 saturated carbocycles. The average Bonchev–Trinajstić information content (AvgIpc) is 2.71. The van der Waals surface area contributed by atoms with E-state index >= 15 is 0 Å². The summed E-state index contributed by atoms with van der Waals surface area (Å²) in [5.41, 5.74) is 0.543. The average molecular weight is 408 g/mol. The van der Waals surface area contributed by atoms with Gasteiger partial charge in [-0.2, -0.15) is 0 Å². The Hall–Kier alpha value is -3.38. The highest BCUT2D eigenvalue weighted by atomic mass is 16.4. The van der Waals surface area contributed by atoms with Gasteiger partial charge in [0.25, 0.3) is 0 Å². The van der Waals surface area contributed by atoms with Gasteiger partial charge in [0.1, 0.15) is 22.6 Å². The molecule has 0 amide bonds. The second-order valence-corrected chi connectivity index (χ2v) is 7.34. The molecule has 6 heteroatoms. The highest BCUT2D eigenvalue weighted by molar-refractivity contribution is 6.11. The van der Waals surface area contributed by atoms with Gasteiger partial charge in [0.05, 0.1) is 11.5 Å². The molecule has 0 aliphatic rings. The minimum Gasteiger partial charge on any atom is -0.507 e. The summed E-state index contributed by atoms with van der Waals surface area (Å²) >= 11 is 0. The first-order valence-electron chi connectivity index (χ1n) is 9.72. The Morgan fingerprint density at radius 2 is 1.83 bits per heavy atom. The Morgan fingerprint density at radius 1 is 1.17 bits per heavy atom. The van der Waals surface area contributed by atoms with Gasteiger partial charge in [0.15, 0.2) is 5.78 Å². The van der Waals surface area contributed by atoms with Crippen molar-refractivity contribution >= 4 is 16.8 Å². The maximum absolute atomic E-state index is 12.7. The summed E-state index contributed by atoms with van der Waals surface area (Å²) in [4.78, 5) is 25.0. The van der Waals surface area contributed by atoms with Gasteiger partial charge in [-0.3, -0.25) is 4.79 Å². The molecule has 0 fully saturated rings. The van der Waals surface area contributed by atoms with Crippen molar-refractivity contribution in [2.45, 2.75) is 39.2 Å². The number of carbonyl (C=O) groups is 1. The van der Waals surface area contributed by atoms with Gasteiger partial charge in [-0.25, -0.2) is 4.79 Å². The summed E-state index contributed by atoms with van der Waals surface area (Å²) in [6.45, 7) is 7.14. The number of Topliss-reactive ketones (excluding diaryl/α,β-unsaturated/α-hetero) is 1. The number of aromatic hydroxyl groups is 2. The summed E-state index contributed by atoms with van der Waals surface area (Å²) in [5.74, 6) is -1.38. The van der Waals surface area contributed by atoms with Crippen LogP contribution in [0.1, 0.15) is 42.6 Å². The molecule has 2 aromatic carbocycles. The SMILES string of the molecule is C=C(C)[C@H](O)Cc1c(O)c(C(=O)CCC)c(O)c2c(-c3ccccc3)cc(=O)oc12. The molecule has 156 valence electrons. The molecule has 0 unspecified atom stereocenters. The Labute approximate surface area is 173 Å². The molecular formula is C24H24O6. The lowest BCUT2D eigenvalue weighted by molar-refractivity contribution is 0.0976. The third-order valence-corrected chi connectivity index (χ3v) is 5.04. The number of benzene rings is 2. The lowest BCUT2D eigenvalue weighted by Crippen LogP contribution is -2.14. The highest BCUT2D eigenvalue weighted by Gasteiger charge is 2.28. The number of rotatable bonds is 7. The Bertz CT molecular complexity index is 1170. The first-order valence-corrected chi connectivity index (χ1v) is 9.72. The number of aliphatic hydroxyl groups is 1. The predicted octanol–water partition coefficient (Wildman–Crippen LogP) is 4.33. The van der Waals surface area contributed by atoms with E-state index in [-0.39, 0.29) is 34.9 Å². The second kappa shape index (κ2) is 8.55. The van der Waals surface area contributed by atoms with Crippen molar-refractivity contribution in [3.8, 4) is 22.6 Å². The highest BCUT2D eigenvalue weighted by Crippen LogP contribution is 2.44. The fourth-order valence-corrected chi connectivity index (χ4v) is 3.46. The van der Waals surface area contributed by atoms with Crippen molar-refractivity contribution < 1.29 is 24.5 Å². The number of phenols is 2. The molecule has 3 rings (SSSR count). The molecule has 0 spiro atoms. The van der Waals surface area contributed by atoms with E-state index in [0.717, 1.165) is 0 Å². The maximum atomic E-state index is 12.7. The predicted molar refractivity (Wildman–Crippen MR) is 115 cm³/mol. The minimum absolute atomic E-state index is 0.0651. The van der Waals surface area contributed by atoms with Gasteiger partial charge in [0.2, 0.25) is 0 Å². The fourth-order valence-electron chi connectivity index (χ4n) is 3.46. The van der Waals surface area contributed by atoms with Crippen molar-refractivity contribution in [2.24, 2.45) is 0 Å². The quantitative estimate of drug-likeness (QED) is 0.305. The number of phenolic OH excluding ortho intramolecular Hbond substituents is 2. The zero-order valence-electron chi connectivity index (χ0n) is 16.9. The molecule has 30 heavy (non-hydrogen) atoms. The Balaban J connectivity index is 2.46. The maximum Gasteiger partial charge on any atom is 0.336 e. The summed E-state index contributed by atoms with van der Waals surface area (Å²) in [7, 11) is 0. The summed E-state index contributed by atoms with van der Waals surface area (Å²) in [6.07, 6.45) is -0.532. The van der Waals surface area contributed by atoms with Gasteiger partial charge < -0.3 is 19.7 Å². The van der Waals surface area contributed by atoms with Crippen LogP contribution in [0.4, 0.5) is 0 Å².